The predicted molar refractivity (Wildman–Crippen MR) is 136 cm³/mol. The molecule has 1 atom stereocenters. The van der Waals surface area contributed by atoms with Gasteiger partial charge in [-0.3, -0.25) is 4.79 Å². The molecule has 0 aromatic heterocycles. The number of esters is 1. The standard InChI is InChI=1S/C25H35IN2O6/c1-7-33-23(30)22(34-25(4,5)6)20-14(2)17-12-19(29)28(13-18(17)15(3)21(20)26)16-8-10-27(11-9-16)24(31)32/h16,22H,7-13H2,1-6H3,(H,31,32)/t22-/m0/s1. The third-order valence-electron chi connectivity index (χ3n) is 6.63. The highest BCUT2D eigenvalue weighted by Crippen LogP contribution is 2.39. The molecule has 0 bridgehead atoms. The highest BCUT2D eigenvalue weighted by Gasteiger charge is 2.38. The lowest BCUT2D eigenvalue weighted by Crippen LogP contribution is -2.50. The molecular formula is C25H35IN2O6. The summed E-state index contributed by atoms with van der Waals surface area (Å²) in [6.07, 6.45) is -0.230. The molecule has 2 heterocycles. The number of amides is 2. The summed E-state index contributed by atoms with van der Waals surface area (Å²) in [5.74, 6) is -0.382. The maximum Gasteiger partial charge on any atom is 0.407 e. The van der Waals surface area contributed by atoms with Crippen LogP contribution in [0, 0.1) is 17.4 Å². The summed E-state index contributed by atoms with van der Waals surface area (Å²) in [4.78, 5) is 40.7. The summed E-state index contributed by atoms with van der Waals surface area (Å²) >= 11 is 2.28. The monoisotopic (exact) mass is 586 g/mol. The maximum absolute atomic E-state index is 13.2. The average Bonchev–Trinajstić information content (AvgIpc) is 2.76. The summed E-state index contributed by atoms with van der Waals surface area (Å²) < 4.78 is 12.5. The molecule has 0 radical (unpaired) electrons. The molecule has 8 nitrogen and oxygen atoms in total. The SMILES string of the molecule is CCOC(=O)[C@@H](OC(C)(C)C)c1c(C)c2c(c(C)c1I)CN(C1CCN(C(=O)O)CC1)C(=O)C2. The van der Waals surface area contributed by atoms with Gasteiger partial charge >= 0.3 is 12.1 Å². The molecule has 0 aliphatic carbocycles. The highest BCUT2D eigenvalue weighted by atomic mass is 127. The van der Waals surface area contributed by atoms with Crippen molar-refractivity contribution in [3.05, 3.63) is 31.4 Å². The lowest BCUT2D eigenvalue weighted by atomic mass is 9.85. The Labute approximate surface area is 215 Å². The number of benzene rings is 1. The van der Waals surface area contributed by atoms with E-state index in [0.717, 1.165) is 31.4 Å². The maximum atomic E-state index is 13.2. The van der Waals surface area contributed by atoms with E-state index in [1.54, 1.807) is 6.92 Å². The molecule has 2 amide bonds. The number of carboxylic acid groups (broad SMARTS) is 1. The summed E-state index contributed by atoms with van der Waals surface area (Å²) in [5, 5.41) is 9.23. The van der Waals surface area contributed by atoms with Crippen LogP contribution in [0.5, 0.6) is 0 Å². The van der Waals surface area contributed by atoms with E-state index in [2.05, 4.69) is 22.6 Å². The number of carbonyl (C=O) groups excluding carboxylic acids is 2. The Kier molecular flexibility index (Phi) is 8.17. The lowest BCUT2D eigenvalue weighted by Gasteiger charge is -2.41. The number of hydrogen-bond acceptors (Lipinski definition) is 5. The van der Waals surface area contributed by atoms with Crippen molar-refractivity contribution in [1.82, 2.24) is 9.80 Å². The van der Waals surface area contributed by atoms with Crippen molar-refractivity contribution in [2.45, 2.75) is 85.1 Å². The third kappa shape index (κ3) is 5.50. The van der Waals surface area contributed by atoms with Crippen LogP contribution in [0.15, 0.2) is 0 Å². The third-order valence-corrected chi connectivity index (χ3v) is 8.02. The summed E-state index contributed by atoms with van der Waals surface area (Å²) in [7, 11) is 0. The molecule has 1 aromatic rings. The minimum atomic E-state index is -0.907. The van der Waals surface area contributed by atoms with Gasteiger partial charge in [0, 0.05) is 34.8 Å². The number of rotatable bonds is 5. The fourth-order valence-electron chi connectivity index (χ4n) is 4.89. The van der Waals surface area contributed by atoms with Crippen LogP contribution in [0.2, 0.25) is 0 Å². The van der Waals surface area contributed by atoms with Crippen LogP contribution in [0.25, 0.3) is 0 Å². The normalized spacial score (nSPS) is 18.0. The molecule has 188 valence electrons. The van der Waals surface area contributed by atoms with Gasteiger partial charge in [-0.2, -0.15) is 0 Å². The predicted octanol–water partition coefficient (Wildman–Crippen LogP) is 4.35. The van der Waals surface area contributed by atoms with Crippen molar-refractivity contribution in [3.8, 4) is 0 Å². The van der Waals surface area contributed by atoms with Gasteiger partial charge in [0.25, 0.3) is 0 Å². The van der Waals surface area contributed by atoms with Crippen LogP contribution < -0.4 is 0 Å². The van der Waals surface area contributed by atoms with Crippen LogP contribution >= 0.6 is 22.6 Å². The summed E-state index contributed by atoms with van der Waals surface area (Å²) in [6.45, 7) is 13.1. The van der Waals surface area contributed by atoms with E-state index in [9.17, 15) is 19.5 Å². The van der Waals surface area contributed by atoms with E-state index >= 15 is 0 Å². The molecule has 2 aliphatic heterocycles. The Hall–Kier alpha value is -1.88. The van der Waals surface area contributed by atoms with Crippen LogP contribution in [-0.2, 0) is 32.0 Å². The van der Waals surface area contributed by atoms with E-state index in [1.165, 1.54) is 4.90 Å². The number of nitrogens with zero attached hydrogens (tertiary/aromatic N) is 2. The molecule has 1 N–H and O–H groups in total. The molecule has 0 spiro atoms. The zero-order chi connectivity index (χ0) is 25.4. The van der Waals surface area contributed by atoms with Crippen molar-refractivity contribution in [1.29, 1.82) is 0 Å². The van der Waals surface area contributed by atoms with Crippen LogP contribution in [0.3, 0.4) is 0 Å². The van der Waals surface area contributed by atoms with Crippen molar-refractivity contribution < 1.29 is 29.0 Å². The number of halogens is 1. The van der Waals surface area contributed by atoms with Gasteiger partial charge in [-0.15, -0.1) is 0 Å². The van der Waals surface area contributed by atoms with Gasteiger partial charge in [0.15, 0.2) is 6.10 Å². The first-order valence-corrected chi connectivity index (χ1v) is 12.9. The minimum absolute atomic E-state index is 0.0322. The van der Waals surface area contributed by atoms with Crippen LogP contribution in [0.1, 0.15) is 74.5 Å². The largest absolute Gasteiger partial charge is 0.465 e. The summed E-state index contributed by atoms with van der Waals surface area (Å²) in [6, 6.07) is 0.0322. The molecule has 0 saturated carbocycles. The first-order valence-electron chi connectivity index (χ1n) is 11.8. The first-order chi connectivity index (χ1) is 15.9. The van der Waals surface area contributed by atoms with Gasteiger partial charge in [-0.1, -0.05) is 0 Å². The molecule has 1 saturated heterocycles. The number of hydrogen-bond donors (Lipinski definition) is 1. The molecule has 2 aliphatic rings. The number of fused-ring (bicyclic) bond motifs is 1. The minimum Gasteiger partial charge on any atom is -0.465 e. The summed E-state index contributed by atoms with van der Waals surface area (Å²) in [5.41, 5.74) is 4.24. The van der Waals surface area contributed by atoms with E-state index in [1.807, 2.05) is 39.5 Å². The molecule has 0 unspecified atom stereocenters. The zero-order valence-electron chi connectivity index (χ0n) is 20.9. The molecular weight excluding hydrogens is 551 g/mol. The first kappa shape index (κ1) is 26.7. The Morgan fingerprint density at radius 3 is 2.29 bits per heavy atom. The van der Waals surface area contributed by atoms with Gasteiger partial charge in [-0.25, -0.2) is 9.59 Å². The second kappa shape index (κ2) is 10.4. The van der Waals surface area contributed by atoms with Crippen molar-refractivity contribution >= 4 is 40.6 Å². The average molecular weight is 586 g/mol. The zero-order valence-corrected chi connectivity index (χ0v) is 23.0. The Morgan fingerprint density at radius 1 is 1.15 bits per heavy atom. The molecule has 34 heavy (non-hydrogen) atoms. The lowest BCUT2D eigenvalue weighted by molar-refractivity contribution is -0.167. The van der Waals surface area contributed by atoms with E-state index in [4.69, 9.17) is 9.47 Å². The van der Waals surface area contributed by atoms with Gasteiger partial charge in [0.2, 0.25) is 5.91 Å². The number of ether oxygens (including phenoxy) is 2. The van der Waals surface area contributed by atoms with Gasteiger partial charge < -0.3 is 24.4 Å². The molecule has 1 fully saturated rings. The Morgan fingerprint density at radius 2 is 1.76 bits per heavy atom. The fourth-order valence-corrected chi connectivity index (χ4v) is 5.90. The van der Waals surface area contributed by atoms with E-state index in [0.29, 0.717) is 32.5 Å². The Balaban J connectivity index is 1.97. The van der Waals surface area contributed by atoms with Crippen molar-refractivity contribution in [2.24, 2.45) is 0 Å². The number of carbonyl (C=O) groups is 3. The van der Waals surface area contributed by atoms with Crippen LogP contribution in [0.4, 0.5) is 4.79 Å². The van der Waals surface area contributed by atoms with Crippen LogP contribution in [-0.4, -0.2) is 64.2 Å². The Bertz CT molecular complexity index is 979. The molecule has 1 aromatic carbocycles. The quantitative estimate of drug-likeness (QED) is 0.407. The fraction of sp³-hybridized carbons (Fsp3) is 0.640. The number of likely N-dealkylation sites (tertiary alicyclic amines) is 1. The second-order valence-electron chi connectivity index (χ2n) is 10.00. The van der Waals surface area contributed by atoms with Crippen molar-refractivity contribution in [2.75, 3.05) is 19.7 Å². The topological polar surface area (TPSA) is 96.4 Å². The van der Waals surface area contributed by atoms with E-state index in [-0.39, 0.29) is 25.0 Å². The van der Waals surface area contributed by atoms with Crippen molar-refractivity contribution in [3.63, 3.8) is 0 Å². The highest BCUT2D eigenvalue weighted by molar-refractivity contribution is 14.1. The van der Waals surface area contributed by atoms with Gasteiger partial charge in [0.05, 0.1) is 18.6 Å². The molecule has 9 heteroatoms. The van der Waals surface area contributed by atoms with Gasteiger partial charge in [-0.05, 0) is 99.2 Å². The number of piperidine rings is 1. The molecule has 3 rings (SSSR count). The van der Waals surface area contributed by atoms with E-state index < -0.39 is 23.8 Å². The smallest absolute Gasteiger partial charge is 0.407 e. The van der Waals surface area contributed by atoms with Gasteiger partial charge in [0.1, 0.15) is 0 Å². The second-order valence-corrected chi connectivity index (χ2v) is 11.1.